The van der Waals surface area contributed by atoms with Crippen LogP contribution in [0.25, 0.3) is 0 Å². The van der Waals surface area contributed by atoms with E-state index in [-0.39, 0.29) is 22.3 Å². The molecule has 0 bridgehead atoms. The Morgan fingerprint density at radius 1 is 1.11 bits per heavy atom. The molecule has 2 N–H and O–H groups in total. The van der Waals surface area contributed by atoms with Crippen LogP contribution in [0, 0.1) is 24.1 Å². The van der Waals surface area contributed by atoms with Crippen LogP contribution in [0.15, 0.2) is 71.9 Å². The number of methoxy groups -OCH3 is 1. The van der Waals surface area contributed by atoms with Crippen molar-refractivity contribution in [2.45, 2.75) is 26.8 Å². The van der Waals surface area contributed by atoms with Gasteiger partial charge in [-0.15, -0.1) is 0 Å². The Morgan fingerprint density at radius 2 is 1.83 bits per heavy atom. The molecule has 36 heavy (non-hydrogen) atoms. The monoisotopic (exact) mass is 525 g/mol. The van der Waals surface area contributed by atoms with Crippen molar-refractivity contribution in [3.8, 4) is 5.75 Å². The van der Waals surface area contributed by atoms with Gasteiger partial charge in [0, 0.05) is 16.3 Å². The Morgan fingerprint density at radius 3 is 2.50 bits per heavy atom. The fraction of sp³-hybridized carbons (Fsp3) is 0.214. The number of aryl methyl sites for hydroxylation is 1. The fourth-order valence-corrected chi connectivity index (χ4v) is 4.88. The molecule has 186 valence electrons. The predicted molar refractivity (Wildman–Crippen MR) is 144 cm³/mol. The van der Waals surface area contributed by atoms with Gasteiger partial charge in [0.2, 0.25) is 0 Å². The number of allylic oxidation sites excluding steroid dienone is 1. The first-order valence-corrected chi connectivity index (χ1v) is 12.2. The molecule has 0 radical (unpaired) electrons. The van der Waals surface area contributed by atoms with Crippen molar-refractivity contribution in [2.75, 3.05) is 17.3 Å². The maximum absolute atomic E-state index is 15.3. The van der Waals surface area contributed by atoms with E-state index in [1.807, 2.05) is 51.1 Å². The first-order valence-electron chi connectivity index (χ1n) is 11.4. The van der Waals surface area contributed by atoms with Crippen molar-refractivity contribution in [1.29, 1.82) is 5.41 Å². The molecular weight excluding hydrogens is 500 g/mol. The quantitative estimate of drug-likeness (QED) is 0.348. The van der Waals surface area contributed by atoms with Crippen LogP contribution >= 0.6 is 23.2 Å². The van der Waals surface area contributed by atoms with Gasteiger partial charge in [0.05, 0.1) is 29.5 Å². The molecule has 1 aliphatic rings. The summed E-state index contributed by atoms with van der Waals surface area (Å²) in [6.07, 6.45) is 0. The summed E-state index contributed by atoms with van der Waals surface area (Å²) < 4.78 is 20.8. The summed E-state index contributed by atoms with van der Waals surface area (Å²) in [4.78, 5) is 14.9. The Balaban J connectivity index is 2.01. The molecule has 1 fully saturated rings. The minimum Gasteiger partial charge on any atom is -0.495 e. The second kappa shape index (κ2) is 10.3. The van der Waals surface area contributed by atoms with Crippen LogP contribution in [0.5, 0.6) is 5.75 Å². The van der Waals surface area contributed by atoms with E-state index < -0.39 is 17.8 Å². The summed E-state index contributed by atoms with van der Waals surface area (Å²) in [7, 11) is 1.58. The van der Waals surface area contributed by atoms with Crippen molar-refractivity contribution in [1.82, 2.24) is 0 Å². The number of hydrogen-bond donors (Lipinski definition) is 2. The number of rotatable bonds is 6. The lowest BCUT2D eigenvalue weighted by molar-refractivity contribution is -0.112. The van der Waals surface area contributed by atoms with Crippen molar-refractivity contribution >= 4 is 46.2 Å². The van der Waals surface area contributed by atoms with Crippen molar-refractivity contribution in [3.63, 3.8) is 0 Å². The molecule has 0 aromatic heterocycles. The van der Waals surface area contributed by atoms with Gasteiger partial charge in [0.1, 0.15) is 11.5 Å². The fourth-order valence-electron chi connectivity index (χ4n) is 4.48. The largest absolute Gasteiger partial charge is 0.495 e. The Labute approximate surface area is 220 Å². The van der Waals surface area contributed by atoms with Crippen LogP contribution in [0.3, 0.4) is 0 Å². The lowest BCUT2D eigenvalue weighted by Crippen LogP contribution is -2.30. The van der Waals surface area contributed by atoms with Crippen LogP contribution in [-0.4, -0.2) is 18.7 Å². The number of halogens is 3. The van der Waals surface area contributed by atoms with E-state index in [0.29, 0.717) is 27.7 Å². The summed E-state index contributed by atoms with van der Waals surface area (Å²) in [5.74, 6) is -0.839. The highest BCUT2D eigenvalue weighted by molar-refractivity contribution is 6.52. The van der Waals surface area contributed by atoms with E-state index in [1.165, 1.54) is 17.0 Å². The normalized spacial score (nSPS) is 17.1. The van der Waals surface area contributed by atoms with E-state index in [4.69, 9.17) is 33.3 Å². The van der Waals surface area contributed by atoms with E-state index >= 15 is 4.39 Å². The lowest BCUT2D eigenvalue weighted by Gasteiger charge is -2.29. The number of ether oxygens (including phenoxy) is 1. The van der Waals surface area contributed by atoms with Crippen molar-refractivity contribution in [3.05, 3.63) is 98.9 Å². The summed E-state index contributed by atoms with van der Waals surface area (Å²) in [5, 5.41) is 12.7. The van der Waals surface area contributed by atoms with Gasteiger partial charge in [-0.3, -0.25) is 15.1 Å². The topological polar surface area (TPSA) is 65.4 Å². The van der Waals surface area contributed by atoms with Crippen molar-refractivity contribution < 1.29 is 13.9 Å². The van der Waals surface area contributed by atoms with Gasteiger partial charge in [-0.1, -0.05) is 61.3 Å². The molecule has 0 spiro atoms. The molecule has 0 saturated carbocycles. The molecule has 1 heterocycles. The van der Waals surface area contributed by atoms with Crippen LogP contribution < -0.4 is 15.0 Å². The van der Waals surface area contributed by atoms with Crippen LogP contribution in [0.2, 0.25) is 10.0 Å². The molecule has 1 unspecified atom stereocenters. The standard InChI is InChI=1S/C28H26Cl2FN3O2/c1-15(2)26(33-20-9-5-6-11-22(20)36-4)23-25(32)28(35)34(21-10-7-8-19(30)24(21)31)27(23)18-13-12-17(29)14-16(18)3/h5-15,27,32-33H,1-4H3/b26-23+,32-25?. The third kappa shape index (κ3) is 4.59. The molecule has 3 aromatic carbocycles. The number of para-hydroxylation sites is 2. The maximum Gasteiger partial charge on any atom is 0.277 e. The molecule has 8 heteroatoms. The van der Waals surface area contributed by atoms with E-state index in [2.05, 4.69) is 5.32 Å². The molecule has 4 rings (SSSR count). The summed E-state index contributed by atoms with van der Waals surface area (Å²) in [6.45, 7) is 5.81. The first kappa shape index (κ1) is 25.7. The Hall–Kier alpha value is -3.35. The molecule has 1 saturated heterocycles. The molecule has 1 aliphatic heterocycles. The van der Waals surface area contributed by atoms with Gasteiger partial charge in [0.15, 0.2) is 5.82 Å². The Kier molecular flexibility index (Phi) is 7.38. The first-order chi connectivity index (χ1) is 17.1. The molecule has 5 nitrogen and oxygen atoms in total. The summed E-state index contributed by atoms with van der Waals surface area (Å²) in [5.41, 5.74) is 3.11. The third-order valence-corrected chi connectivity index (χ3v) is 6.72. The molecule has 0 aliphatic carbocycles. The van der Waals surface area contributed by atoms with Gasteiger partial charge in [-0.2, -0.15) is 0 Å². The number of carbonyl (C=O) groups excluding carboxylic acids is 1. The summed E-state index contributed by atoms with van der Waals surface area (Å²) >= 11 is 12.3. The average molecular weight is 526 g/mol. The highest BCUT2D eigenvalue weighted by Crippen LogP contribution is 2.45. The van der Waals surface area contributed by atoms with Crippen LogP contribution in [0.1, 0.15) is 31.0 Å². The molecule has 3 aromatic rings. The SMILES string of the molecule is COc1ccccc1N/C(=C1\C(=N)C(=O)N(c2cccc(Cl)c2F)C1c1ccc(Cl)cc1C)C(C)C. The zero-order valence-electron chi connectivity index (χ0n) is 20.3. The smallest absolute Gasteiger partial charge is 0.277 e. The van der Waals surface area contributed by atoms with E-state index in [9.17, 15) is 4.79 Å². The number of amides is 1. The predicted octanol–water partition coefficient (Wildman–Crippen LogP) is 7.58. The van der Waals surface area contributed by atoms with Crippen LogP contribution in [-0.2, 0) is 4.79 Å². The summed E-state index contributed by atoms with van der Waals surface area (Å²) in [6, 6.07) is 16.5. The highest BCUT2D eigenvalue weighted by atomic mass is 35.5. The zero-order valence-corrected chi connectivity index (χ0v) is 21.8. The van der Waals surface area contributed by atoms with Gasteiger partial charge in [-0.05, 0) is 60.4 Å². The van der Waals surface area contributed by atoms with E-state index in [1.54, 1.807) is 25.3 Å². The second-order valence-corrected chi connectivity index (χ2v) is 9.68. The molecule has 1 atom stereocenters. The second-order valence-electron chi connectivity index (χ2n) is 8.83. The minimum absolute atomic E-state index is 0.00648. The van der Waals surface area contributed by atoms with Gasteiger partial charge < -0.3 is 10.1 Å². The number of carbonyl (C=O) groups is 1. The van der Waals surface area contributed by atoms with Gasteiger partial charge >= 0.3 is 0 Å². The molecular formula is C28H26Cl2FN3O2. The van der Waals surface area contributed by atoms with Gasteiger partial charge in [0.25, 0.3) is 5.91 Å². The average Bonchev–Trinajstić information content (AvgIpc) is 3.09. The minimum atomic E-state index is -0.783. The van der Waals surface area contributed by atoms with Crippen LogP contribution in [0.4, 0.5) is 15.8 Å². The number of nitrogens with zero attached hydrogens (tertiary/aromatic N) is 1. The number of nitrogens with one attached hydrogen (secondary N) is 2. The van der Waals surface area contributed by atoms with E-state index in [0.717, 1.165) is 11.1 Å². The lowest BCUT2D eigenvalue weighted by atomic mass is 9.90. The highest BCUT2D eigenvalue weighted by Gasteiger charge is 2.45. The number of anilines is 2. The van der Waals surface area contributed by atoms with Crippen molar-refractivity contribution in [2.24, 2.45) is 5.92 Å². The molecule has 1 amide bonds. The van der Waals surface area contributed by atoms with Gasteiger partial charge in [-0.25, -0.2) is 4.39 Å². The number of benzene rings is 3. The zero-order chi connectivity index (χ0) is 26.1. The number of hydrogen-bond acceptors (Lipinski definition) is 4. The maximum atomic E-state index is 15.3. The Bertz CT molecular complexity index is 1390. The third-order valence-electron chi connectivity index (χ3n) is 6.19.